The van der Waals surface area contributed by atoms with Gasteiger partial charge in [0.25, 0.3) is 5.91 Å². The minimum atomic E-state index is -0.253. The van der Waals surface area contributed by atoms with Crippen LogP contribution in [-0.2, 0) is 6.54 Å². The van der Waals surface area contributed by atoms with Crippen molar-refractivity contribution >= 4 is 17.4 Å². The van der Waals surface area contributed by atoms with E-state index in [2.05, 4.69) is 20.8 Å². The third-order valence-electron chi connectivity index (χ3n) is 3.87. The molecular formula is C21H22N4O2. The number of carbonyl (C=O) groups is 1. The molecule has 27 heavy (non-hydrogen) atoms. The molecule has 1 amide bonds. The normalized spacial score (nSPS) is 10.3. The molecule has 0 aliphatic rings. The van der Waals surface area contributed by atoms with Gasteiger partial charge in [0, 0.05) is 12.2 Å². The molecule has 2 aromatic carbocycles. The molecule has 0 atom stereocenters. The highest BCUT2D eigenvalue weighted by atomic mass is 16.5. The summed E-state index contributed by atoms with van der Waals surface area (Å²) in [6, 6.07) is 18.9. The topological polar surface area (TPSA) is 76.1 Å². The van der Waals surface area contributed by atoms with E-state index in [4.69, 9.17) is 4.74 Å². The van der Waals surface area contributed by atoms with Gasteiger partial charge in [0.2, 0.25) is 0 Å². The lowest BCUT2D eigenvalue weighted by Gasteiger charge is -2.08. The van der Waals surface area contributed by atoms with E-state index in [0.29, 0.717) is 19.0 Å². The van der Waals surface area contributed by atoms with Crippen molar-refractivity contribution < 1.29 is 9.53 Å². The van der Waals surface area contributed by atoms with E-state index in [9.17, 15) is 4.79 Å². The van der Waals surface area contributed by atoms with Gasteiger partial charge in [-0.3, -0.25) is 4.79 Å². The first-order valence-corrected chi connectivity index (χ1v) is 8.81. The van der Waals surface area contributed by atoms with Gasteiger partial charge < -0.3 is 15.4 Å². The zero-order valence-corrected chi connectivity index (χ0v) is 15.4. The molecule has 0 unspecified atom stereocenters. The van der Waals surface area contributed by atoms with Crippen LogP contribution in [0.4, 0.5) is 11.5 Å². The van der Waals surface area contributed by atoms with Crippen LogP contribution >= 0.6 is 0 Å². The van der Waals surface area contributed by atoms with Gasteiger partial charge in [-0.2, -0.15) is 0 Å². The summed E-state index contributed by atoms with van der Waals surface area (Å²) >= 11 is 0. The Bertz CT molecular complexity index is 893. The lowest BCUT2D eigenvalue weighted by Crippen LogP contribution is -2.24. The molecule has 0 aliphatic heterocycles. The summed E-state index contributed by atoms with van der Waals surface area (Å²) in [4.78, 5) is 12.2. The van der Waals surface area contributed by atoms with E-state index in [1.165, 1.54) is 0 Å². The van der Waals surface area contributed by atoms with Crippen LogP contribution in [0.1, 0.15) is 28.5 Å². The van der Waals surface area contributed by atoms with Crippen LogP contribution in [0.5, 0.6) is 5.75 Å². The Kier molecular flexibility index (Phi) is 5.99. The highest BCUT2D eigenvalue weighted by Gasteiger charge is 2.08. The zero-order valence-electron chi connectivity index (χ0n) is 15.4. The van der Waals surface area contributed by atoms with Gasteiger partial charge in [0.05, 0.1) is 6.61 Å². The van der Waals surface area contributed by atoms with Crippen molar-refractivity contribution in [3.05, 3.63) is 77.5 Å². The zero-order chi connectivity index (χ0) is 19.1. The third-order valence-corrected chi connectivity index (χ3v) is 3.87. The fourth-order valence-electron chi connectivity index (χ4n) is 2.56. The summed E-state index contributed by atoms with van der Waals surface area (Å²) in [5, 5.41) is 14.1. The Morgan fingerprint density at radius 2 is 1.85 bits per heavy atom. The van der Waals surface area contributed by atoms with Gasteiger partial charge in [0.15, 0.2) is 11.5 Å². The number of ether oxygens (including phenoxy) is 1. The minimum absolute atomic E-state index is 0.253. The minimum Gasteiger partial charge on any atom is -0.494 e. The number of benzene rings is 2. The molecule has 0 fully saturated rings. The van der Waals surface area contributed by atoms with Gasteiger partial charge in [-0.1, -0.05) is 29.8 Å². The molecule has 0 saturated heterocycles. The maximum absolute atomic E-state index is 12.2. The van der Waals surface area contributed by atoms with Crippen LogP contribution in [0.25, 0.3) is 0 Å². The summed E-state index contributed by atoms with van der Waals surface area (Å²) in [6.45, 7) is 5.05. The Labute approximate surface area is 158 Å². The number of rotatable bonds is 7. The molecule has 0 bridgehead atoms. The fraction of sp³-hybridized carbons (Fsp3) is 0.190. The predicted octanol–water partition coefficient (Wildman–Crippen LogP) is 3.86. The monoisotopic (exact) mass is 362 g/mol. The third kappa shape index (κ3) is 5.28. The molecule has 138 valence electrons. The van der Waals surface area contributed by atoms with Crippen molar-refractivity contribution in [2.24, 2.45) is 0 Å². The van der Waals surface area contributed by atoms with E-state index in [0.717, 1.165) is 22.6 Å². The van der Waals surface area contributed by atoms with Crippen molar-refractivity contribution in [2.45, 2.75) is 20.4 Å². The largest absolute Gasteiger partial charge is 0.494 e. The Morgan fingerprint density at radius 3 is 2.52 bits per heavy atom. The van der Waals surface area contributed by atoms with Crippen LogP contribution in [0.2, 0.25) is 0 Å². The second-order valence-corrected chi connectivity index (χ2v) is 6.06. The number of aromatic nitrogens is 2. The smallest absolute Gasteiger partial charge is 0.272 e. The first-order valence-electron chi connectivity index (χ1n) is 8.81. The van der Waals surface area contributed by atoms with Crippen molar-refractivity contribution in [2.75, 3.05) is 11.9 Å². The maximum atomic E-state index is 12.2. The lowest BCUT2D eigenvalue weighted by molar-refractivity contribution is 0.0945. The van der Waals surface area contributed by atoms with Crippen molar-refractivity contribution in [3.63, 3.8) is 0 Å². The maximum Gasteiger partial charge on any atom is 0.272 e. The molecule has 3 aromatic rings. The molecule has 6 heteroatoms. The summed E-state index contributed by atoms with van der Waals surface area (Å²) in [6.07, 6.45) is 0. The summed E-state index contributed by atoms with van der Waals surface area (Å²) < 4.78 is 5.41. The standard InChI is InChI=1S/C21H22N4O2/c1-3-27-18-9-7-17(8-10-18)23-20-12-11-19(24-25-20)21(26)22-14-16-6-4-5-15(2)13-16/h4-13H,3,14H2,1-2H3,(H,22,26)(H,23,25). The number of hydrogen-bond acceptors (Lipinski definition) is 5. The van der Waals surface area contributed by atoms with Crippen LogP contribution in [0.3, 0.4) is 0 Å². The molecule has 0 aliphatic carbocycles. The first kappa shape index (κ1) is 18.4. The number of hydrogen-bond donors (Lipinski definition) is 2. The fourth-order valence-corrected chi connectivity index (χ4v) is 2.56. The molecular weight excluding hydrogens is 340 g/mol. The van der Waals surface area contributed by atoms with E-state index in [-0.39, 0.29) is 11.6 Å². The van der Waals surface area contributed by atoms with Gasteiger partial charge in [-0.25, -0.2) is 0 Å². The van der Waals surface area contributed by atoms with Crippen molar-refractivity contribution in [1.82, 2.24) is 15.5 Å². The number of amides is 1. The lowest BCUT2D eigenvalue weighted by atomic mass is 10.1. The molecule has 0 radical (unpaired) electrons. The van der Waals surface area contributed by atoms with Gasteiger partial charge >= 0.3 is 0 Å². The number of carbonyl (C=O) groups excluding carboxylic acids is 1. The van der Waals surface area contributed by atoms with Gasteiger partial charge in [-0.05, 0) is 55.8 Å². The van der Waals surface area contributed by atoms with Crippen molar-refractivity contribution in [3.8, 4) is 5.75 Å². The Balaban J connectivity index is 1.56. The quantitative estimate of drug-likeness (QED) is 0.667. The molecule has 2 N–H and O–H groups in total. The number of anilines is 2. The van der Waals surface area contributed by atoms with Crippen LogP contribution in [0, 0.1) is 6.92 Å². The number of nitrogens with zero attached hydrogens (tertiary/aromatic N) is 2. The molecule has 1 heterocycles. The number of nitrogens with one attached hydrogen (secondary N) is 2. The molecule has 0 spiro atoms. The molecule has 6 nitrogen and oxygen atoms in total. The van der Waals surface area contributed by atoms with Crippen LogP contribution < -0.4 is 15.4 Å². The van der Waals surface area contributed by atoms with E-state index in [1.807, 2.05) is 62.4 Å². The van der Waals surface area contributed by atoms with Crippen molar-refractivity contribution in [1.29, 1.82) is 0 Å². The van der Waals surface area contributed by atoms with E-state index in [1.54, 1.807) is 12.1 Å². The Morgan fingerprint density at radius 1 is 1.04 bits per heavy atom. The number of aryl methyl sites for hydroxylation is 1. The van der Waals surface area contributed by atoms with Crippen LogP contribution in [0.15, 0.2) is 60.7 Å². The van der Waals surface area contributed by atoms with E-state index >= 15 is 0 Å². The second-order valence-electron chi connectivity index (χ2n) is 6.06. The summed E-state index contributed by atoms with van der Waals surface area (Å²) in [5.41, 5.74) is 3.35. The van der Waals surface area contributed by atoms with Crippen LogP contribution in [-0.4, -0.2) is 22.7 Å². The average Bonchev–Trinajstić information content (AvgIpc) is 2.68. The molecule has 0 saturated carbocycles. The second kappa shape index (κ2) is 8.80. The molecule has 3 rings (SSSR count). The predicted molar refractivity (Wildman–Crippen MR) is 105 cm³/mol. The Hall–Kier alpha value is -3.41. The summed E-state index contributed by atoms with van der Waals surface area (Å²) in [7, 11) is 0. The average molecular weight is 362 g/mol. The summed E-state index contributed by atoms with van der Waals surface area (Å²) in [5.74, 6) is 1.13. The molecule has 1 aromatic heterocycles. The van der Waals surface area contributed by atoms with E-state index < -0.39 is 0 Å². The van der Waals surface area contributed by atoms with Gasteiger partial charge in [-0.15, -0.1) is 10.2 Å². The first-order chi connectivity index (χ1) is 13.1. The van der Waals surface area contributed by atoms with Gasteiger partial charge in [0.1, 0.15) is 5.75 Å². The highest BCUT2D eigenvalue weighted by molar-refractivity contribution is 5.92. The SMILES string of the molecule is CCOc1ccc(Nc2ccc(C(=O)NCc3cccc(C)c3)nn2)cc1. The highest BCUT2D eigenvalue weighted by Crippen LogP contribution is 2.18.